The zero-order chi connectivity index (χ0) is 21.1. The normalized spacial score (nSPS) is 17.7. The lowest BCUT2D eigenvalue weighted by atomic mass is 10.1. The van der Waals surface area contributed by atoms with Crippen molar-refractivity contribution in [2.75, 3.05) is 0 Å². The molecule has 0 unspecified atom stereocenters. The Balaban J connectivity index is 1.78. The van der Waals surface area contributed by atoms with Crippen molar-refractivity contribution in [3.8, 4) is 0 Å². The van der Waals surface area contributed by atoms with Crippen LogP contribution in [0.15, 0.2) is 88.8 Å². The lowest BCUT2D eigenvalue weighted by Crippen LogP contribution is -2.32. The van der Waals surface area contributed by atoms with Crippen LogP contribution in [-0.4, -0.2) is 16.0 Å². The van der Waals surface area contributed by atoms with E-state index in [1.807, 2.05) is 67.6 Å². The van der Waals surface area contributed by atoms with Crippen LogP contribution in [0.1, 0.15) is 24.1 Å². The Morgan fingerprint density at radius 2 is 1.67 bits per heavy atom. The van der Waals surface area contributed by atoms with Gasteiger partial charge in [0.25, 0.3) is 5.91 Å². The van der Waals surface area contributed by atoms with Gasteiger partial charge in [-0.05, 0) is 54.6 Å². The van der Waals surface area contributed by atoms with Gasteiger partial charge in [0.05, 0.1) is 21.7 Å². The topological polar surface area (TPSA) is 32.7 Å². The minimum atomic E-state index is -0.473. The molecule has 150 valence electrons. The molecule has 1 saturated heterocycles. The van der Waals surface area contributed by atoms with Crippen LogP contribution in [0.5, 0.6) is 0 Å². The van der Waals surface area contributed by atoms with E-state index in [0.717, 1.165) is 11.3 Å². The van der Waals surface area contributed by atoms with E-state index in [1.54, 1.807) is 11.0 Å². The molecule has 1 amide bonds. The summed E-state index contributed by atoms with van der Waals surface area (Å²) in [5, 5.41) is 0.799. The smallest absolute Gasteiger partial charge is 0.267 e. The van der Waals surface area contributed by atoms with Crippen LogP contribution in [-0.2, 0) is 4.79 Å². The highest BCUT2D eigenvalue weighted by molar-refractivity contribution is 8.18. The number of amides is 1. The third-order valence-electron chi connectivity index (χ3n) is 4.76. The Morgan fingerprint density at radius 1 is 1.00 bits per heavy atom. The van der Waals surface area contributed by atoms with Gasteiger partial charge in [-0.3, -0.25) is 9.69 Å². The average molecular weight is 437 g/mol. The van der Waals surface area contributed by atoms with Crippen molar-refractivity contribution < 1.29 is 9.18 Å². The Hall–Kier alpha value is -2.89. The van der Waals surface area contributed by atoms with Gasteiger partial charge in [-0.15, -0.1) is 0 Å². The minimum Gasteiger partial charge on any atom is -0.279 e. The maximum Gasteiger partial charge on any atom is 0.267 e. The zero-order valence-electron chi connectivity index (χ0n) is 16.1. The van der Waals surface area contributed by atoms with Crippen LogP contribution in [0.3, 0.4) is 0 Å². The number of halogens is 2. The molecule has 0 N–H and O–H groups in total. The monoisotopic (exact) mass is 436 g/mol. The van der Waals surface area contributed by atoms with Crippen LogP contribution in [0.25, 0.3) is 6.08 Å². The molecule has 0 radical (unpaired) electrons. The van der Waals surface area contributed by atoms with Gasteiger partial charge < -0.3 is 0 Å². The Bertz CT molecular complexity index is 1110. The molecule has 1 aliphatic rings. The molecule has 0 aliphatic carbocycles. The summed E-state index contributed by atoms with van der Waals surface area (Å²) in [5.41, 5.74) is 1.92. The number of hydrogen-bond acceptors (Lipinski definition) is 3. The Morgan fingerprint density at radius 3 is 2.33 bits per heavy atom. The summed E-state index contributed by atoms with van der Waals surface area (Å²) in [4.78, 5) is 20.0. The molecule has 0 spiro atoms. The van der Waals surface area contributed by atoms with Gasteiger partial charge in [-0.1, -0.05) is 66.2 Å². The van der Waals surface area contributed by atoms with E-state index in [-0.39, 0.29) is 22.5 Å². The SMILES string of the molecule is C[C@H](c1ccccc1)N1C(=O)/C(=C\c2c(F)cccc2Cl)SC1=Nc1ccccc1. The van der Waals surface area contributed by atoms with E-state index in [0.29, 0.717) is 10.1 Å². The number of thioether (sulfide) groups is 1. The number of aliphatic imine (C=N–C) groups is 1. The summed E-state index contributed by atoms with van der Waals surface area (Å²) < 4.78 is 14.3. The average Bonchev–Trinajstić information content (AvgIpc) is 3.06. The summed E-state index contributed by atoms with van der Waals surface area (Å²) in [6.45, 7) is 1.95. The number of amidine groups is 1. The molecule has 30 heavy (non-hydrogen) atoms. The van der Waals surface area contributed by atoms with Crippen molar-refractivity contribution in [1.82, 2.24) is 4.90 Å². The first-order valence-electron chi connectivity index (χ1n) is 9.40. The van der Waals surface area contributed by atoms with Crippen molar-refractivity contribution in [3.05, 3.63) is 106 Å². The molecule has 6 heteroatoms. The minimum absolute atomic E-state index is 0.197. The predicted octanol–water partition coefficient (Wildman–Crippen LogP) is 6.84. The van der Waals surface area contributed by atoms with Gasteiger partial charge >= 0.3 is 0 Å². The van der Waals surface area contributed by atoms with Gasteiger partial charge in [0.1, 0.15) is 5.82 Å². The molecular weight excluding hydrogens is 419 g/mol. The van der Waals surface area contributed by atoms with E-state index in [2.05, 4.69) is 0 Å². The molecule has 4 rings (SSSR count). The summed E-state index contributed by atoms with van der Waals surface area (Å²) >= 11 is 7.39. The number of carbonyl (C=O) groups is 1. The number of nitrogens with zero attached hydrogens (tertiary/aromatic N) is 2. The van der Waals surface area contributed by atoms with E-state index in [4.69, 9.17) is 16.6 Å². The summed E-state index contributed by atoms with van der Waals surface area (Å²) in [5.74, 6) is -0.704. The van der Waals surface area contributed by atoms with Gasteiger partial charge in [-0.25, -0.2) is 9.38 Å². The molecule has 0 bridgehead atoms. The number of rotatable bonds is 4. The first-order chi connectivity index (χ1) is 14.5. The van der Waals surface area contributed by atoms with Crippen LogP contribution in [0.4, 0.5) is 10.1 Å². The first-order valence-corrected chi connectivity index (χ1v) is 10.6. The fraction of sp³-hybridized carbons (Fsp3) is 0.0833. The molecule has 1 heterocycles. The summed E-state index contributed by atoms with van der Waals surface area (Å²) in [6, 6.07) is 23.4. The van der Waals surface area contributed by atoms with Crippen molar-refractivity contribution in [2.24, 2.45) is 4.99 Å². The number of carbonyl (C=O) groups excluding carboxylic acids is 1. The van der Waals surface area contributed by atoms with Gasteiger partial charge in [-0.2, -0.15) is 0 Å². The molecule has 0 saturated carbocycles. The maximum atomic E-state index is 14.3. The number of hydrogen-bond donors (Lipinski definition) is 0. The Kier molecular flexibility index (Phi) is 6.02. The lowest BCUT2D eigenvalue weighted by Gasteiger charge is -2.24. The quantitative estimate of drug-likeness (QED) is 0.419. The van der Waals surface area contributed by atoms with E-state index >= 15 is 0 Å². The van der Waals surface area contributed by atoms with Crippen LogP contribution < -0.4 is 0 Å². The highest BCUT2D eigenvalue weighted by Crippen LogP contribution is 2.40. The number of para-hydroxylation sites is 1. The largest absolute Gasteiger partial charge is 0.279 e. The second-order valence-corrected chi connectivity index (χ2v) is 8.15. The molecule has 1 atom stereocenters. The molecule has 3 nitrogen and oxygen atoms in total. The highest BCUT2D eigenvalue weighted by Gasteiger charge is 2.37. The zero-order valence-corrected chi connectivity index (χ0v) is 17.7. The summed E-state index contributed by atoms with van der Waals surface area (Å²) in [7, 11) is 0. The van der Waals surface area contributed by atoms with Crippen molar-refractivity contribution in [1.29, 1.82) is 0 Å². The number of benzene rings is 3. The fourth-order valence-electron chi connectivity index (χ4n) is 3.18. The molecular formula is C24H18ClFN2OS. The molecule has 1 fully saturated rings. The molecule has 0 aromatic heterocycles. The van der Waals surface area contributed by atoms with Crippen LogP contribution in [0.2, 0.25) is 5.02 Å². The predicted molar refractivity (Wildman–Crippen MR) is 122 cm³/mol. The van der Waals surface area contributed by atoms with E-state index < -0.39 is 5.82 Å². The van der Waals surface area contributed by atoms with Crippen molar-refractivity contribution in [3.63, 3.8) is 0 Å². The van der Waals surface area contributed by atoms with Crippen LogP contribution in [0, 0.1) is 5.82 Å². The van der Waals surface area contributed by atoms with Gasteiger partial charge in [0.2, 0.25) is 0 Å². The standard InChI is InChI=1S/C24H18ClFN2OS/c1-16(17-9-4-2-5-10-17)28-23(29)22(15-19-20(25)13-8-14-21(19)26)30-24(28)27-18-11-6-3-7-12-18/h2-16H,1H3/b22-15+,27-24?/t16-/m1/s1. The Labute approximate surface area is 183 Å². The van der Waals surface area contributed by atoms with Crippen molar-refractivity contribution >= 4 is 46.2 Å². The second kappa shape index (κ2) is 8.86. The second-order valence-electron chi connectivity index (χ2n) is 6.74. The first kappa shape index (κ1) is 20.4. The third-order valence-corrected chi connectivity index (χ3v) is 6.07. The van der Waals surface area contributed by atoms with Crippen LogP contribution >= 0.6 is 23.4 Å². The lowest BCUT2D eigenvalue weighted by molar-refractivity contribution is -0.123. The molecule has 3 aromatic carbocycles. The summed E-state index contributed by atoms with van der Waals surface area (Å²) in [6.07, 6.45) is 1.50. The molecule has 1 aliphatic heterocycles. The van der Waals surface area contributed by atoms with E-state index in [9.17, 15) is 9.18 Å². The van der Waals surface area contributed by atoms with E-state index in [1.165, 1.54) is 30.0 Å². The van der Waals surface area contributed by atoms with Gasteiger partial charge in [0, 0.05) is 5.56 Å². The third kappa shape index (κ3) is 4.18. The maximum absolute atomic E-state index is 14.3. The molecule has 3 aromatic rings. The highest BCUT2D eigenvalue weighted by atomic mass is 35.5. The van der Waals surface area contributed by atoms with Crippen molar-refractivity contribution in [2.45, 2.75) is 13.0 Å². The fourth-order valence-corrected chi connectivity index (χ4v) is 4.45. The van der Waals surface area contributed by atoms with Gasteiger partial charge in [0.15, 0.2) is 5.17 Å².